The molecule has 0 atom stereocenters. The summed E-state index contributed by atoms with van der Waals surface area (Å²) in [5, 5.41) is 13.3. The molecule has 0 aliphatic carbocycles. The third-order valence-corrected chi connectivity index (χ3v) is 3.99. The lowest BCUT2D eigenvalue weighted by Gasteiger charge is -2.10. The van der Waals surface area contributed by atoms with E-state index in [0.29, 0.717) is 5.75 Å². The smallest absolute Gasteiger partial charge is 0.332 e. The van der Waals surface area contributed by atoms with Crippen molar-refractivity contribution in [3.05, 3.63) is 67.5 Å². The van der Waals surface area contributed by atoms with Crippen LogP contribution in [0.4, 0.5) is 11.4 Å². The lowest BCUT2D eigenvalue weighted by molar-refractivity contribution is -0.384. The molecule has 0 saturated heterocycles. The van der Waals surface area contributed by atoms with Gasteiger partial charge in [-0.15, -0.1) is 0 Å². The molecule has 0 radical (unpaired) electrons. The van der Waals surface area contributed by atoms with Crippen LogP contribution in [0.2, 0.25) is 0 Å². The minimum absolute atomic E-state index is 0.0879. The second kappa shape index (κ2) is 7.31. The number of nitrogens with zero attached hydrogens (tertiary/aromatic N) is 4. The number of fused-ring (bicyclic) bond motifs is 1. The van der Waals surface area contributed by atoms with Crippen LogP contribution in [-0.2, 0) is 18.9 Å². The van der Waals surface area contributed by atoms with Gasteiger partial charge in [0.2, 0.25) is 0 Å². The van der Waals surface area contributed by atoms with E-state index in [-0.39, 0.29) is 29.0 Å². The molecule has 11 heteroatoms. The van der Waals surface area contributed by atoms with Gasteiger partial charge < -0.3 is 10.1 Å². The molecule has 0 saturated carbocycles. The third kappa shape index (κ3) is 3.58. The summed E-state index contributed by atoms with van der Waals surface area (Å²) in [5.74, 6) is -0.220. The van der Waals surface area contributed by atoms with Gasteiger partial charge in [-0.1, -0.05) is 0 Å². The van der Waals surface area contributed by atoms with Crippen molar-refractivity contribution in [2.24, 2.45) is 14.1 Å². The van der Waals surface area contributed by atoms with Crippen molar-refractivity contribution < 1.29 is 14.5 Å². The Morgan fingerprint density at radius 1 is 1.21 bits per heavy atom. The van der Waals surface area contributed by atoms with E-state index in [9.17, 15) is 24.5 Å². The molecule has 0 spiro atoms. The van der Waals surface area contributed by atoms with Crippen LogP contribution in [0.1, 0.15) is 0 Å². The summed E-state index contributed by atoms with van der Waals surface area (Å²) >= 11 is 0. The van der Waals surface area contributed by atoms with Gasteiger partial charge in [-0.25, -0.2) is 9.78 Å². The van der Waals surface area contributed by atoms with E-state index in [1.165, 1.54) is 55.2 Å². The predicted octanol–water partition coefficient (Wildman–Crippen LogP) is 0.558. The van der Waals surface area contributed by atoms with Crippen molar-refractivity contribution in [3.63, 3.8) is 0 Å². The molecule has 1 aromatic carbocycles. The summed E-state index contributed by atoms with van der Waals surface area (Å²) in [6.07, 6.45) is 1.32. The Hall–Kier alpha value is -4.02. The monoisotopic (exact) mass is 385 g/mol. The Morgan fingerprint density at radius 3 is 2.54 bits per heavy atom. The Kier molecular flexibility index (Phi) is 4.90. The van der Waals surface area contributed by atoms with Gasteiger partial charge in [0, 0.05) is 26.2 Å². The van der Waals surface area contributed by atoms with Gasteiger partial charge in [0.25, 0.3) is 17.2 Å². The summed E-state index contributed by atoms with van der Waals surface area (Å²) in [6, 6.07) is 6.72. The summed E-state index contributed by atoms with van der Waals surface area (Å²) < 4.78 is 7.46. The average molecular weight is 385 g/mol. The third-order valence-electron chi connectivity index (χ3n) is 3.99. The van der Waals surface area contributed by atoms with E-state index in [1.54, 1.807) is 0 Å². The number of benzene rings is 1. The zero-order chi connectivity index (χ0) is 20.4. The first-order chi connectivity index (χ1) is 13.3. The Labute approximate surface area is 157 Å². The number of hydrogen-bond donors (Lipinski definition) is 1. The number of ether oxygens (including phenoxy) is 1. The fourth-order valence-electron chi connectivity index (χ4n) is 2.54. The molecule has 11 nitrogen and oxygen atoms in total. The first kappa shape index (κ1) is 18.8. The van der Waals surface area contributed by atoms with Gasteiger partial charge in [-0.3, -0.25) is 28.8 Å². The molecule has 144 valence electrons. The van der Waals surface area contributed by atoms with Crippen LogP contribution in [0.5, 0.6) is 5.75 Å². The van der Waals surface area contributed by atoms with Gasteiger partial charge in [0.1, 0.15) is 11.4 Å². The van der Waals surface area contributed by atoms with Crippen LogP contribution in [0.15, 0.2) is 46.1 Å². The van der Waals surface area contributed by atoms with Crippen molar-refractivity contribution in [1.29, 1.82) is 0 Å². The first-order valence-electron chi connectivity index (χ1n) is 8.01. The number of aryl methyl sites for hydroxylation is 1. The van der Waals surface area contributed by atoms with Gasteiger partial charge in [-0.2, -0.15) is 0 Å². The quantitative estimate of drug-likeness (QED) is 0.500. The molecule has 0 aliphatic heterocycles. The lowest BCUT2D eigenvalue weighted by atomic mass is 10.3. The molecule has 2 heterocycles. The highest BCUT2D eigenvalue weighted by atomic mass is 16.6. The number of nitro benzene ring substituents is 1. The number of nitrogens with one attached hydrogen (secondary N) is 1. The highest BCUT2D eigenvalue weighted by Crippen LogP contribution is 2.17. The molecule has 1 amide bonds. The number of nitro groups is 1. The number of anilines is 1. The number of carbonyl (C=O) groups is 1. The predicted molar refractivity (Wildman–Crippen MR) is 99.4 cm³/mol. The second-order valence-electron chi connectivity index (χ2n) is 5.89. The van der Waals surface area contributed by atoms with Gasteiger partial charge >= 0.3 is 5.69 Å². The Balaban J connectivity index is 1.73. The summed E-state index contributed by atoms with van der Waals surface area (Å²) in [4.78, 5) is 50.4. The van der Waals surface area contributed by atoms with Gasteiger partial charge in [0.05, 0.1) is 22.2 Å². The van der Waals surface area contributed by atoms with Crippen LogP contribution in [0, 0.1) is 10.1 Å². The topological polar surface area (TPSA) is 138 Å². The van der Waals surface area contributed by atoms with Crippen molar-refractivity contribution in [2.45, 2.75) is 0 Å². The summed E-state index contributed by atoms with van der Waals surface area (Å²) in [5.41, 5.74) is -0.647. The fraction of sp³-hybridized carbons (Fsp3) is 0.176. The standard InChI is InChI=1S/C17H15N5O6/c1-20-15-13(16(24)21(2)17(20)25)7-10(8-18-15)19-14(23)9-28-12-5-3-11(4-6-12)22(26)27/h3-8H,9H2,1-2H3,(H,19,23). The molecular weight excluding hydrogens is 370 g/mol. The molecule has 0 aliphatic rings. The molecule has 1 N–H and O–H groups in total. The number of carbonyl (C=O) groups excluding carboxylic acids is 1. The van der Waals surface area contributed by atoms with Crippen LogP contribution < -0.4 is 21.3 Å². The van der Waals surface area contributed by atoms with Crippen molar-refractivity contribution in [1.82, 2.24) is 14.1 Å². The number of aromatic nitrogens is 3. The van der Waals surface area contributed by atoms with Crippen molar-refractivity contribution in [2.75, 3.05) is 11.9 Å². The normalized spacial score (nSPS) is 10.6. The number of non-ortho nitro benzene ring substituents is 1. The van der Waals surface area contributed by atoms with Gasteiger partial charge in [-0.05, 0) is 18.2 Å². The number of pyridine rings is 1. The lowest BCUT2D eigenvalue weighted by Crippen LogP contribution is -2.37. The average Bonchev–Trinajstić information content (AvgIpc) is 2.69. The summed E-state index contributed by atoms with van der Waals surface area (Å²) in [7, 11) is 2.85. The zero-order valence-corrected chi connectivity index (χ0v) is 14.9. The Bertz CT molecular complexity index is 1200. The molecular formula is C17H15N5O6. The zero-order valence-electron chi connectivity index (χ0n) is 14.9. The van der Waals surface area contributed by atoms with Crippen LogP contribution in [-0.4, -0.2) is 31.6 Å². The van der Waals surface area contributed by atoms with Crippen LogP contribution in [0.3, 0.4) is 0 Å². The van der Waals surface area contributed by atoms with Crippen molar-refractivity contribution >= 4 is 28.3 Å². The fourth-order valence-corrected chi connectivity index (χ4v) is 2.54. The molecule has 0 bridgehead atoms. The highest BCUT2D eigenvalue weighted by molar-refractivity contribution is 5.93. The molecule has 2 aromatic heterocycles. The number of hydrogen-bond acceptors (Lipinski definition) is 7. The van der Waals surface area contributed by atoms with Crippen molar-refractivity contribution in [3.8, 4) is 5.75 Å². The molecule has 0 fully saturated rings. The van der Waals surface area contributed by atoms with E-state index in [0.717, 1.165) is 4.57 Å². The van der Waals surface area contributed by atoms with E-state index >= 15 is 0 Å². The van der Waals surface area contributed by atoms with E-state index in [4.69, 9.17) is 4.74 Å². The van der Waals surface area contributed by atoms with E-state index in [2.05, 4.69) is 10.3 Å². The highest BCUT2D eigenvalue weighted by Gasteiger charge is 2.12. The number of rotatable bonds is 5. The van der Waals surface area contributed by atoms with E-state index in [1.807, 2.05) is 0 Å². The van der Waals surface area contributed by atoms with E-state index < -0.39 is 22.1 Å². The molecule has 0 unspecified atom stereocenters. The molecule has 28 heavy (non-hydrogen) atoms. The second-order valence-corrected chi connectivity index (χ2v) is 5.89. The maximum Gasteiger partial charge on any atom is 0.332 e. The largest absolute Gasteiger partial charge is 0.484 e. The maximum atomic E-state index is 12.2. The summed E-state index contributed by atoms with van der Waals surface area (Å²) in [6.45, 7) is -0.346. The van der Waals surface area contributed by atoms with Gasteiger partial charge in [0.15, 0.2) is 6.61 Å². The molecule has 3 rings (SSSR count). The Morgan fingerprint density at radius 2 is 1.89 bits per heavy atom. The SMILES string of the molecule is Cn1c(=O)c2cc(NC(=O)COc3ccc([N+](=O)[O-])cc3)cnc2n(C)c1=O. The minimum atomic E-state index is -0.538. The van der Waals surface area contributed by atoms with Crippen LogP contribution >= 0.6 is 0 Å². The first-order valence-corrected chi connectivity index (χ1v) is 8.01. The van der Waals surface area contributed by atoms with Crippen LogP contribution in [0.25, 0.3) is 11.0 Å². The number of amides is 1. The minimum Gasteiger partial charge on any atom is -0.484 e. The maximum absolute atomic E-state index is 12.2. The molecule has 3 aromatic rings.